The van der Waals surface area contributed by atoms with Crippen molar-refractivity contribution in [1.82, 2.24) is 14.5 Å². The van der Waals surface area contributed by atoms with Crippen molar-refractivity contribution in [3.63, 3.8) is 0 Å². The molecule has 2 heterocycles. The van der Waals surface area contributed by atoms with Crippen LogP contribution >= 0.6 is 0 Å². The summed E-state index contributed by atoms with van der Waals surface area (Å²) >= 11 is 0. The third-order valence-corrected chi connectivity index (χ3v) is 5.07. The van der Waals surface area contributed by atoms with Crippen LogP contribution < -0.4 is 5.32 Å². The molecule has 2 N–H and O–H groups in total. The second kappa shape index (κ2) is 7.86. The van der Waals surface area contributed by atoms with Gasteiger partial charge in [0.2, 0.25) is 5.91 Å². The Bertz CT molecular complexity index is 981. The summed E-state index contributed by atoms with van der Waals surface area (Å²) in [5.74, 6) is 0.721. The molecule has 1 aliphatic rings. The number of carbonyl (C=O) groups is 1. The Hall–Kier alpha value is -3.12. The number of rotatable bonds is 5. The molecule has 0 fully saturated rings. The van der Waals surface area contributed by atoms with E-state index < -0.39 is 0 Å². The maximum atomic E-state index is 11.9. The summed E-state index contributed by atoms with van der Waals surface area (Å²) in [4.78, 5) is 18.9. The zero-order valence-corrected chi connectivity index (χ0v) is 15.9. The lowest BCUT2D eigenvalue weighted by Crippen LogP contribution is -2.33. The number of carbonyl (C=O) groups excluding carboxylic acids is 1. The molecule has 0 unspecified atom stereocenters. The molecule has 0 spiro atoms. The van der Waals surface area contributed by atoms with Gasteiger partial charge in [-0.2, -0.15) is 0 Å². The third-order valence-electron chi connectivity index (χ3n) is 5.07. The number of nitrogens with one attached hydrogen (secondary N) is 1. The molecule has 4 rings (SSSR count). The van der Waals surface area contributed by atoms with Gasteiger partial charge in [0.05, 0.1) is 23.1 Å². The Labute approximate surface area is 164 Å². The Kier molecular flexibility index (Phi) is 5.12. The molecule has 28 heavy (non-hydrogen) atoms. The van der Waals surface area contributed by atoms with Crippen LogP contribution in [0.1, 0.15) is 24.6 Å². The molecule has 2 aromatic carbocycles. The van der Waals surface area contributed by atoms with Gasteiger partial charge in [0.1, 0.15) is 11.6 Å². The van der Waals surface area contributed by atoms with E-state index >= 15 is 0 Å². The highest BCUT2D eigenvalue weighted by Crippen LogP contribution is 2.36. The fourth-order valence-electron chi connectivity index (χ4n) is 3.63. The number of aromatic hydroxyl groups is 1. The van der Waals surface area contributed by atoms with Crippen molar-refractivity contribution in [2.45, 2.75) is 33.0 Å². The summed E-state index contributed by atoms with van der Waals surface area (Å²) in [7, 11) is 0. The van der Waals surface area contributed by atoms with E-state index in [4.69, 9.17) is 0 Å². The first-order valence-electron chi connectivity index (χ1n) is 9.58. The molecule has 0 bridgehead atoms. The molecule has 0 saturated carbocycles. The van der Waals surface area contributed by atoms with Crippen molar-refractivity contribution in [3.8, 4) is 17.1 Å². The van der Waals surface area contributed by atoms with E-state index in [1.54, 1.807) is 25.1 Å². The van der Waals surface area contributed by atoms with E-state index in [1.165, 1.54) is 5.56 Å². The zero-order valence-electron chi connectivity index (χ0n) is 15.9. The predicted octanol–water partition coefficient (Wildman–Crippen LogP) is 3.62. The summed E-state index contributed by atoms with van der Waals surface area (Å²) in [5, 5.41) is 13.4. The number of anilines is 1. The number of hydrogen-bond acceptors (Lipinski definition) is 4. The van der Waals surface area contributed by atoms with E-state index in [2.05, 4.69) is 44.0 Å². The van der Waals surface area contributed by atoms with Gasteiger partial charge in [0.15, 0.2) is 0 Å². The van der Waals surface area contributed by atoms with E-state index in [-0.39, 0.29) is 11.7 Å². The molecule has 0 saturated heterocycles. The fraction of sp³-hybridized carbons (Fsp3) is 0.273. The Morgan fingerprint density at radius 3 is 2.75 bits per heavy atom. The highest BCUT2D eigenvalue weighted by molar-refractivity contribution is 5.96. The summed E-state index contributed by atoms with van der Waals surface area (Å²) in [5.41, 5.74) is 3.56. The highest BCUT2D eigenvalue weighted by atomic mass is 16.3. The maximum absolute atomic E-state index is 11.9. The van der Waals surface area contributed by atoms with Gasteiger partial charge < -0.3 is 15.0 Å². The minimum atomic E-state index is -0.0914. The maximum Gasteiger partial charge on any atom is 0.224 e. The minimum Gasteiger partial charge on any atom is -0.507 e. The minimum absolute atomic E-state index is 0.0914. The quantitative estimate of drug-likeness (QED) is 0.714. The second-order valence-corrected chi connectivity index (χ2v) is 7.02. The third kappa shape index (κ3) is 3.64. The lowest BCUT2D eigenvalue weighted by Gasteiger charge is -2.29. The van der Waals surface area contributed by atoms with Crippen LogP contribution in [0.2, 0.25) is 0 Å². The van der Waals surface area contributed by atoms with Crippen LogP contribution in [0.25, 0.3) is 11.4 Å². The van der Waals surface area contributed by atoms with Crippen LogP contribution in [0.15, 0.2) is 54.7 Å². The monoisotopic (exact) mass is 376 g/mol. The highest BCUT2D eigenvalue weighted by Gasteiger charge is 2.23. The van der Waals surface area contributed by atoms with Crippen LogP contribution in [0.4, 0.5) is 5.69 Å². The normalized spacial score (nSPS) is 13.9. The Balaban J connectivity index is 1.61. The van der Waals surface area contributed by atoms with Crippen molar-refractivity contribution in [2.24, 2.45) is 0 Å². The number of phenolic OH excluding ortho intramolecular Hbond substituents is 1. The molecule has 0 aliphatic carbocycles. The van der Waals surface area contributed by atoms with Crippen molar-refractivity contribution >= 4 is 11.6 Å². The topological polar surface area (TPSA) is 70.4 Å². The summed E-state index contributed by atoms with van der Waals surface area (Å²) in [6.45, 7) is 5.18. The predicted molar refractivity (Wildman–Crippen MR) is 109 cm³/mol. The molecule has 0 radical (unpaired) electrons. The lowest BCUT2D eigenvalue weighted by atomic mass is 10.1. The van der Waals surface area contributed by atoms with Crippen molar-refractivity contribution in [3.05, 3.63) is 66.0 Å². The van der Waals surface area contributed by atoms with Crippen LogP contribution in [-0.4, -0.2) is 32.0 Å². The average Bonchev–Trinajstić information content (AvgIpc) is 3.11. The standard InChI is InChI=1S/C22H24N4O2/c1-2-20(28)24-18-9-6-10-19(27)21(18)22-23-13-17-15-25(11-12-26(17)22)14-16-7-4-3-5-8-16/h3-10,13,27H,2,11-12,14-15H2,1H3,(H,24,28). The fourth-order valence-corrected chi connectivity index (χ4v) is 3.63. The Morgan fingerprint density at radius 2 is 1.96 bits per heavy atom. The number of imidazole rings is 1. The molecule has 1 aliphatic heterocycles. The van der Waals surface area contributed by atoms with E-state index in [0.717, 1.165) is 31.9 Å². The smallest absolute Gasteiger partial charge is 0.224 e. The number of fused-ring (bicyclic) bond motifs is 1. The van der Waals surface area contributed by atoms with Crippen molar-refractivity contribution < 1.29 is 9.90 Å². The summed E-state index contributed by atoms with van der Waals surface area (Å²) < 4.78 is 2.14. The van der Waals surface area contributed by atoms with Gasteiger partial charge >= 0.3 is 0 Å². The SMILES string of the molecule is CCC(=O)Nc1cccc(O)c1-c1ncc2n1CCN(Cc1ccccc1)C2. The van der Waals surface area contributed by atoms with Crippen LogP contribution in [-0.2, 0) is 24.4 Å². The molecular weight excluding hydrogens is 352 g/mol. The van der Waals surface area contributed by atoms with E-state index in [1.807, 2.05) is 12.3 Å². The summed E-state index contributed by atoms with van der Waals surface area (Å²) in [6.07, 6.45) is 2.24. The van der Waals surface area contributed by atoms with Crippen LogP contribution in [0.3, 0.4) is 0 Å². The summed E-state index contributed by atoms with van der Waals surface area (Å²) in [6, 6.07) is 15.6. The van der Waals surface area contributed by atoms with Crippen LogP contribution in [0.5, 0.6) is 5.75 Å². The van der Waals surface area contributed by atoms with Crippen molar-refractivity contribution in [2.75, 3.05) is 11.9 Å². The average molecular weight is 376 g/mol. The first-order chi connectivity index (χ1) is 13.7. The van der Waals surface area contributed by atoms with Crippen molar-refractivity contribution in [1.29, 1.82) is 0 Å². The van der Waals surface area contributed by atoms with Gasteiger partial charge in [0, 0.05) is 32.6 Å². The molecule has 6 nitrogen and oxygen atoms in total. The van der Waals surface area contributed by atoms with Crippen LogP contribution in [0, 0.1) is 0 Å². The first-order valence-corrected chi connectivity index (χ1v) is 9.58. The molecule has 144 valence electrons. The van der Waals surface area contributed by atoms with Gasteiger partial charge in [-0.1, -0.05) is 43.3 Å². The van der Waals surface area contributed by atoms with Gasteiger partial charge in [-0.3, -0.25) is 9.69 Å². The zero-order chi connectivity index (χ0) is 19.5. The molecule has 0 atom stereocenters. The van der Waals surface area contributed by atoms with Gasteiger partial charge in [-0.05, 0) is 17.7 Å². The van der Waals surface area contributed by atoms with Gasteiger partial charge in [-0.25, -0.2) is 4.98 Å². The second-order valence-electron chi connectivity index (χ2n) is 7.02. The van der Waals surface area contributed by atoms with E-state index in [9.17, 15) is 9.90 Å². The number of nitrogens with zero attached hydrogens (tertiary/aromatic N) is 3. The molecule has 1 amide bonds. The molecule has 3 aromatic rings. The molecular formula is C22H24N4O2. The Morgan fingerprint density at radius 1 is 1.14 bits per heavy atom. The molecule has 1 aromatic heterocycles. The molecule has 6 heteroatoms. The number of aromatic nitrogens is 2. The number of amides is 1. The lowest BCUT2D eigenvalue weighted by molar-refractivity contribution is -0.115. The number of benzene rings is 2. The first kappa shape index (κ1) is 18.3. The van der Waals surface area contributed by atoms with Gasteiger partial charge in [0.25, 0.3) is 0 Å². The van der Waals surface area contributed by atoms with E-state index in [0.29, 0.717) is 23.5 Å². The number of hydrogen-bond donors (Lipinski definition) is 2. The largest absolute Gasteiger partial charge is 0.507 e. The van der Waals surface area contributed by atoms with Gasteiger partial charge in [-0.15, -0.1) is 0 Å². The number of phenols is 1.